The molecule has 0 N–H and O–H groups in total. The molecule has 3 nitrogen and oxygen atoms in total. The lowest BCUT2D eigenvalue weighted by Gasteiger charge is -2.25. The van der Waals surface area contributed by atoms with E-state index < -0.39 is 0 Å². The van der Waals surface area contributed by atoms with Crippen molar-refractivity contribution in [2.75, 3.05) is 6.54 Å². The highest BCUT2D eigenvalue weighted by Crippen LogP contribution is 2.38. The highest BCUT2D eigenvalue weighted by molar-refractivity contribution is 5.99. The Hall–Kier alpha value is -2.03. The molecule has 1 aromatic carbocycles. The molecule has 0 atom stereocenters. The maximum atomic E-state index is 6.29. The van der Waals surface area contributed by atoms with E-state index in [1.54, 1.807) is 0 Å². The number of rotatable bonds is 2. The smallest absolute Gasteiger partial charge is 0.120 e. The fourth-order valence-corrected chi connectivity index (χ4v) is 4.77. The van der Waals surface area contributed by atoms with E-state index in [9.17, 15) is 0 Å². The zero-order valence-corrected chi connectivity index (χ0v) is 15.1. The average molecular weight is 334 g/mol. The second kappa shape index (κ2) is 6.05. The van der Waals surface area contributed by atoms with Crippen molar-refractivity contribution in [3.05, 3.63) is 41.1 Å². The third-order valence-corrected chi connectivity index (χ3v) is 6.07. The molecule has 1 saturated carbocycles. The SMILES string of the molecule is CC1=NCCn2c1cc1c2-c2ccc(OC3CCCCC3)cc2CC1. The van der Waals surface area contributed by atoms with Crippen molar-refractivity contribution in [2.45, 2.75) is 64.5 Å². The van der Waals surface area contributed by atoms with Crippen LogP contribution in [0.5, 0.6) is 5.75 Å². The molecular weight excluding hydrogens is 308 g/mol. The van der Waals surface area contributed by atoms with Crippen molar-refractivity contribution in [2.24, 2.45) is 4.99 Å². The number of aryl methyl sites for hydroxylation is 2. The number of ether oxygens (including phenoxy) is 1. The first-order chi connectivity index (χ1) is 12.3. The summed E-state index contributed by atoms with van der Waals surface area (Å²) in [6.45, 7) is 4.04. The predicted molar refractivity (Wildman–Crippen MR) is 102 cm³/mol. The normalized spacial score (nSPS) is 19.6. The first-order valence-electron chi connectivity index (χ1n) is 9.83. The lowest BCUT2D eigenvalue weighted by atomic mass is 9.90. The Kier molecular flexibility index (Phi) is 3.69. The standard InChI is InChI=1S/C22H26N2O/c1-15-21-14-17-8-7-16-13-19(25-18-5-3-2-4-6-18)9-10-20(16)22(17)24(21)12-11-23-15/h9-10,13-14,18H,2-8,11-12H2,1H3. The van der Waals surface area contributed by atoms with Crippen molar-refractivity contribution >= 4 is 5.71 Å². The highest BCUT2D eigenvalue weighted by atomic mass is 16.5. The van der Waals surface area contributed by atoms with E-state index in [1.807, 2.05) is 0 Å². The van der Waals surface area contributed by atoms with Crippen LogP contribution in [-0.2, 0) is 19.4 Å². The molecule has 5 rings (SSSR count). The third-order valence-electron chi connectivity index (χ3n) is 6.07. The first-order valence-corrected chi connectivity index (χ1v) is 9.83. The highest BCUT2D eigenvalue weighted by Gasteiger charge is 2.25. The van der Waals surface area contributed by atoms with E-state index in [2.05, 4.69) is 40.7 Å². The molecular formula is C22H26N2O. The molecule has 130 valence electrons. The van der Waals surface area contributed by atoms with E-state index in [1.165, 1.54) is 65.9 Å². The molecule has 0 bridgehead atoms. The maximum Gasteiger partial charge on any atom is 0.120 e. The molecule has 0 spiro atoms. The summed E-state index contributed by atoms with van der Waals surface area (Å²) in [5.74, 6) is 1.07. The van der Waals surface area contributed by atoms with Crippen molar-refractivity contribution < 1.29 is 4.74 Å². The van der Waals surface area contributed by atoms with Crippen LogP contribution >= 0.6 is 0 Å². The molecule has 2 heterocycles. The van der Waals surface area contributed by atoms with Crippen LogP contribution in [0.25, 0.3) is 11.3 Å². The van der Waals surface area contributed by atoms with Crippen LogP contribution in [0.2, 0.25) is 0 Å². The quantitative estimate of drug-likeness (QED) is 0.776. The summed E-state index contributed by atoms with van der Waals surface area (Å²) in [7, 11) is 0. The van der Waals surface area contributed by atoms with Gasteiger partial charge in [0.2, 0.25) is 0 Å². The molecule has 0 unspecified atom stereocenters. The van der Waals surface area contributed by atoms with Gasteiger partial charge < -0.3 is 9.30 Å². The van der Waals surface area contributed by atoms with Crippen LogP contribution in [-0.4, -0.2) is 22.9 Å². The number of hydrogen-bond donors (Lipinski definition) is 0. The van der Waals surface area contributed by atoms with Crippen LogP contribution < -0.4 is 4.74 Å². The lowest BCUT2D eigenvalue weighted by molar-refractivity contribution is 0.155. The van der Waals surface area contributed by atoms with Crippen molar-refractivity contribution in [3.8, 4) is 17.0 Å². The third kappa shape index (κ3) is 2.61. The molecule has 0 radical (unpaired) electrons. The molecule has 3 aliphatic rings. The molecule has 2 aromatic rings. The summed E-state index contributed by atoms with van der Waals surface area (Å²) in [5.41, 5.74) is 8.25. The Labute approximate surface area is 149 Å². The van der Waals surface area contributed by atoms with Crippen LogP contribution in [0.1, 0.15) is 55.8 Å². The fraction of sp³-hybridized carbons (Fsp3) is 0.500. The minimum atomic E-state index is 0.422. The molecule has 1 aromatic heterocycles. The summed E-state index contributed by atoms with van der Waals surface area (Å²) in [5, 5.41) is 0. The topological polar surface area (TPSA) is 26.5 Å². The molecule has 3 heteroatoms. The Balaban J connectivity index is 1.49. The molecule has 1 fully saturated rings. The van der Waals surface area contributed by atoms with Crippen molar-refractivity contribution in [1.29, 1.82) is 0 Å². The van der Waals surface area contributed by atoms with Crippen molar-refractivity contribution in [1.82, 2.24) is 4.57 Å². The molecule has 25 heavy (non-hydrogen) atoms. The maximum absolute atomic E-state index is 6.29. The van der Waals surface area contributed by atoms with Crippen LogP contribution in [0, 0.1) is 0 Å². The summed E-state index contributed by atoms with van der Waals surface area (Å²) >= 11 is 0. The van der Waals surface area contributed by atoms with Gasteiger partial charge in [-0.05, 0) is 80.8 Å². The van der Waals surface area contributed by atoms with Gasteiger partial charge in [0.05, 0.1) is 29.7 Å². The predicted octanol–water partition coefficient (Wildman–Crippen LogP) is 4.79. The van der Waals surface area contributed by atoms with Gasteiger partial charge in [-0.1, -0.05) is 6.42 Å². The van der Waals surface area contributed by atoms with E-state index in [4.69, 9.17) is 4.74 Å². The largest absolute Gasteiger partial charge is 0.490 e. The van der Waals surface area contributed by atoms with Gasteiger partial charge >= 0.3 is 0 Å². The van der Waals surface area contributed by atoms with Gasteiger partial charge in [-0.3, -0.25) is 4.99 Å². The number of nitrogens with zero attached hydrogens (tertiary/aromatic N) is 2. The van der Waals surface area contributed by atoms with E-state index in [0.29, 0.717) is 6.10 Å². The minimum absolute atomic E-state index is 0.422. The van der Waals surface area contributed by atoms with Gasteiger partial charge in [-0.25, -0.2) is 0 Å². The van der Waals surface area contributed by atoms with Crippen molar-refractivity contribution in [3.63, 3.8) is 0 Å². The monoisotopic (exact) mass is 334 g/mol. The second-order valence-electron chi connectivity index (χ2n) is 7.72. The summed E-state index contributed by atoms with van der Waals surface area (Å²) in [6.07, 6.45) is 9.09. The van der Waals surface area contributed by atoms with Crippen LogP contribution in [0.15, 0.2) is 29.3 Å². The summed E-state index contributed by atoms with van der Waals surface area (Å²) < 4.78 is 8.78. The van der Waals surface area contributed by atoms with Crippen LogP contribution in [0.4, 0.5) is 0 Å². The number of benzene rings is 1. The second-order valence-corrected chi connectivity index (χ2v) is 7.72. The number of aromatic nitrogens is 1. The minimum Gasteiger partial charge on any atom is -0.490 e. The Bertz CT molecular complexity index is 840. The molecule has 1 aliphatic heterocycles. The van der Waals surface area contributed by atoms with E-state index in [0.717, 1.165) is 31.7 Å². The Morgan fingerprint density at radius 1 is 1.04 bits per heavy atom. The van der Waals surface area contributed by atoms with Gasteiger partial charge in [0.15, 0.2) is 0 Å². The molecule has 2 aliphatic carbocycles. The molecule has 0 amide bonds. The van der Waals surface area contributed by atoms with Gasteiger partial charge in [-0.15, -0.1) is 0 Å². The molecule has 0 saturated heterocycles. The van der Waals surface area contributed by atoms with Gasteiger partial charge in [0, 0.05) is 12.1 Å². The fourth-order valence-electron chi connectivity index (χ4n) is 4.77. The number of fused-ring (bicyclic) bond motifs is 5. The first kappa shape index (κ1) is 15.2. The Morgan fingerprint density at radius 3 is 2.76 bits per heavy atom. The van der Waals surface area contributed by atoms with Crippen LogP contribution in [0.3, 0.4) is 0 Å². The zero-order chi connectivity index (χ0) is 16.8. The Morgan fingerprint density at radius 2 is 1.88 bits per heavy atom. The average Bonchev–Trinajstić information content (AvgIpc) is 3.03. The van der Waals surface area contributed by atoms with E-state index >= 15 is 0 Å². The summed E-state index contributed by atoms with van der Waals surface area (Å²) in [6, 6.07) is 9.14. The van der Waals surface area contributed by atoms with Gasteiger partial charge in [0.1, 0.15) is 5.75 Å². The van der Waals surface area contributed by atoms with E-state index in [-0.39, 0.29) is 0 Å². The number of aliphatic imine (C=N–C) groups is 1. The summed E-state index contributed by atoms with van der Waals surface area (Å²) in [4.78, 5) is 4.63. The van der Waals surface area contributed by atoms with Gasteiger partial charge in [0.25, 0.3) is 0 Å². The lowest BCUT2D eigenvalue weighted by Crippen LogP contribution is -2.20. The zero-order valence-electron chi connectivity index (χ0n) is 15.1. The van der Waals surface area contributed by atoms with Gasteiger partial charge in [-0.2, -0.15) is 0 Å². The number of hydrogen-bond acceptors (Lipinski definition) is 2.